The highest BCUT2D eigenvalue weighted by Gasteiger charge is 2.17. The minimum Gasteiger partial charge on any atom is -0.464 e. The van der Waals surface area contributed by atoms with E-state index >= 15 is 0 Å². The van der Waals surface area contributed by atoms with E-state index in [9.17, 15) is 9.59 Å². The first-order chi connectivity index (χ1) is 15.2. The molecule has 184 valence electrons. The predicted molar refractivity (Wildman–Crippen MR) is 133 cm³/mol. The van der Waals surface area contributed by atoms with Crippen LogP contribution in [0.2, 0.25) is 0 Å². The molecule has 1 unspecified atom stereocenters. The molecule has 31 heavy (non-hydrogen) atoms. The van der Waals surface area contributed by atoms with Crippen LogP contribution in [0.25, 0.3) is 0 Å². The average Bonchev–Trinajstić information content (AvgIpc) is 2.77. The number of unbranched alkanes of at least 4 members (excludes halogenated alkanes) is 16. The molecule has 0 saturated heterocycles. The predicted octanol–water partition coefficient (Wildman–Crippen LogP) is 7.53. The summed E-state index contributed by atoms with van der Waals surface area (Å²) in [6, 6.07) is -0.360. The van der Waals surface area contributed by atoms with Crippen LogP contribution >= 0.6 is 0 Å². The number of ketones is 1. The summed E-state index contributed by atoms with van der Waals surface area (Å²) in [6.45, 7) is 4.66. The van der Waals surface area contributed by atoms with Crippen LogP contribution in [0.3, 0.4) is 0 Å². The summed E-state index contributed by atoms with van der Waals surface area (Å²) >= 11 is 0. The van der Waals surface area contributed by atoms with Gasteiger partial charge in [0.05, 0.1) is 0 Å². The van der Waals surface area contributed by atoms with Crippen LogP contribution in [0, 0.1) is 0 Å². The lowest BCUT2D eigenvalue weighted by Gasteiger charge is -2.15. The Hall–Kier alpha value is -0.900. The Bertz CT molecular complexity index is 411. The Labute approximate surface area is 193 Å². The molecule has 4 heteroatoms. The Kier molecular flexibility index (Phi) is 23.1. The number of esters is 1. The van der Waals surface area contributed by atoms with Crippen molar-refractivity contribution >= 4 is 11.8 Å². The number of carbonyl (C=O) groups is 2. The first kappa shape index (κ1) is 30.1. The molecule has 0 rings (SSSR count). The number of likely N-dealkylation sites (N-methyl/N-ethyl adjacent to an activating group) is 1. The molecule has 0 spiro atoms. The number of Topliss-reactive ketones (excluding diaryl/α,β-unsaturated/α-hetero) is 1. The van der Waals surface area contributed by atoms with Crippen LogP contribution in [-0.2, 0) is 14.3 Å². The molecule has 0 bridgehead atoms. The highest BCUT2D eigenvalue weighted by atomic mass is 16.5. The standard InChI is InChI=1S/C27H53NO3/c1-4-6-8-10-12-14-16-18-20-22-26(29)25(28-3)24-31-27(30)23-21-19-17-15-13-11-9-7-5-2/h25,28H,4-24H2,1-3H3. The van der Waals surface area contributed by atoms with Gasteiger partial charge in [-0.2, -0.15) is 0 Å². The first-order valence-electron chi connectivity index (χ1n) is 13.5. The molecule has 0 aliphatic carbocycles. The van der Waals surface area contributed by atoms with E-state index in [1.165, 1.54) is 89.9 Å². The molecule has 0 radical (unpaired) electrons. The third kappa shape index (κ3) is 20.7. The molecule has 1 N–H and O–H groups in total. The number of carbonyl (C=O) groups excluding carboxylic acids is 2. The molecule has 0 fully saturated rings. The molecule has 0 heterocycles. The largest absolute Gasteiger partial charge is 0.464 e. The minimum atomic E-state index is -0.360. The summed E-state index contributed by atoms with van der Waals surface area (Å²) in [7, 11) is 1.77. The lowest BCUT2D eigenvalue weighted by molar-refractivity contribution is -0.145. The second-order valence-electron chi connectivity index (χ2n) is 9.15. The van der Waals surface area contributed by atoms with E-state index in [2.05, 4.69) is 19.2 Å². The molecular formula is C27H53NO3. The van der Waals surface area contributed by atoms with Crippen LogP contribution in [0.4, 0.5) is 0 Å². The van der Waals surface area contributed by atoms with Crippen molar-refractivity contribution in [2.75, 3.05) is 13.7 Å². The molecule has 4 nitrogen and oxygen atoms in total. The number of nitrogens with one attached hydrogen (secondary N) is 1. The van der Waals surface area contributed by atoms with Crippen LogP contribution in [0.1, 0.15) is 142 Å². The van der Waals surface area contributed by atoms with Crippen molar-refractivity contribution in [2.45, 2.75) is 148 Å². The van der Waals surface area contributed by atoms with E-state index in [0.717, 1.165) is 25.7 Å². The zero-order chi connectivity index (χ0) is 23.0. The third-order valence-corrected chi connectivity index (χ3v) is 6.16. The molecule has 0 amide bonds. The minimum absolute atomic E-state index is 0.168. The monoisotopic (exact) mass is 439 g/mol. The van der Waals surface area contributed by atoms with Gasteiger partial charge in [0.1, 0.15) is 12.6 Å². The van der Waals surface area contributed by atoms with Crippen molar-refractivity contribution < 1.29 is 14.3 Å². The van der Waals surface area contributed by atoms with Gasteiger partial charge in [-0.05, 0) is 19.9 Å². The quantitative estimate of drug-likeness (QED) is 0.125. The molecule has 0 aromatic heterocycles. The molecule has 0 saturated carbocycles. The maximum atomic E-state index is 12.4. The summed E-state index contributed by atoms with van der Waals surface area (Å²) in [6.07, 6.45) is 23.4. The fourth-order valence-corrected chi connectivity index (χ4v) is 3.95. The smallest absolute Gasteiger partial charge is 0.305 e. The number of hydrogen-bond donors (Lipinski definition) is 1. The Morgan fingerprint density at radius 2 is 1.00 bits per heavy atom. The Balaban J connectivity index is 3.63. The maximum absolute atomic E-state index is 12.4. The normalized spacial score (nSPS) is 12.1. The molecule has 0 aliphatic heterocycles. The second-order valence-corrected chi connectivity index (χ2v) is 9.15. The van der Waals surface area contributed by atoms with Gasteiger partial charge in [0, 0.05) is 12.8 Å². The van der Waals surface area contributed by atoms with Gasteiger partial charge in [0.2, 0.25) is 0 Å². The first-order valence-corrected chi connectivity index (χ1v) is 13.5. The maximum Gasteiger partial charge on any atom is 0.305 e. The Morgan fingerprint density at radius 1 is 0.613 bits per heavy atom. The van der Waals surface area contributed by atoms with Gasteiger partial charge in [-0.25, -0.2) is 0 Å². The highest BCUT2D eigenvalue weighted by Crippen LogP contribution is 2.12. The van der Waals surface area contributed by atoms with Crippen molar-refractivity contribution in [3.63, 3.8) is 0 Å². The molecule has 0 aromatic rings. The lowest BCUT2D eigenvalue weighted by atomic mass is 10.0. The Morgan fingerprint density at radius 3 is 1.42 bits per heavy atom. The lowest BCUT2D eigenvalue weighted by Crippen LogP contribution is -2.38. The van der Waals surface area contributed by atoms with E-state index in [4.69, 9.17) is 4.74 Å². The second kappa shape index (κ2) is 23.8. The van der Waals surface area contributed by atoms with Crippen molar-refractivity contribution in [3.05, 3.63) is 0 Å². The fraction of sp³-hybridized carbons (Fsp3) is 0.926. The summed E-state index contributed by atoms with van der Waals surface area (Å²) in [5, 5.41) is 3.02. The van der Waals surface area contributed by atoms with Gasteiger partial charge in [0.15, 0.2) is 5.78 Å². The molecule has 1 atom stereocenters. The number of rotatable bonds is 24. The summed E-state index contributed by atoms with van der Waals surface area (Å²) in [5.41, 5.74) is 0. The van der Waals surface area contributed by atoms with Gasteiger partial charge in [-0.1, -0.05) is 117 Å². The van der Waals surface area contributed by atoms with E-state index in [1.807, 2.05) is 0 Å². The van der Waals surface area contributed by atoms with E-state index in [0.29, 0.717) is 12.8 Å². The van der Waals surface area contributed by atoms with Gasteiger partial charge >= 0.3 is 5.97 Å². The number of ether oxygens (including phenoxy) is 1. The van der Waals surface area contributed by atoms with Gasteiger partial charge in [-0.15, -0.1) is 0 Å². The van der Waals surface area contributed by atoms with Crippen LogP contribution in [0.15, 0.2) is 0 Å². The molecule has 0 aromatic carbocycles. The van der Waals surface area contributed by atoms with Gasteiger partial charge in [-0.3, -0.25) is 9.59 Å². The van der Waals surface area contributed by atoms with Crippen LogP contribution in [-0.4, -0.2) is 31.4 Å². The highest BCUT2D eigenvalue weighted by molar-refractivity contribution is 5.84. The van der Waals surface area contributed by atoms with Crippen LogP contribution < -0.4 is 5.32 Å². The summed E-state index contributed by atoms with van der Waals surface area (Å²) < 4.78 is 5.36. The van der Waals surface area contributed by atoms with Gasteiger partial charge < -0.3 is 10.1 Å². The van der Waals surface area contributed by atoms with Gasteiger partial charge in [0.25, 0.3) is 0 Å². The average molecular weight is 440 g/mol. The zero-order valence-electron chi connectivity index (χ0n) is 21.2. The summed E-state index contributed by atoms with van der Waals surface area (Å²) in [4.78, 5) is 24.3. The van der Waals surface area contributed by atoms with E-state index in [-0.39, 0.29) is 24.4 Å². The van der Waals surface area contributed by atoms with Crippen molar-refractivity contribution in [3.8, 4) is 0 Å². The molecular weight excluding hydrogens is 386 g/mol. The van der Waals surface area contributed by atoms with Crippen molar-refractivity contribution in [2.24, 2.45) is 0 Å². The topological polar surface area (TPSA) is 55.4 Å². The zero-order valence-corrected chi connectivity index (χ0v) is 21.2. The summed E-state index contributed by atoms with van der Waals surface area (Å²) in [5.74, 6) is 0.000359. The fourth-order valence-electron chi connectivity index (χ4n) is 3.95. The molecule has 0 aliphatic rings. The van der Waals surface area contributed by atoms with Crippen LogP contribution in [0.5, 0.6) is 0 Å². The van der Waals surface area contributed by atoms with Crippen molar-refractivity contribution in [1.82, 2.24) is 5.32 Å². The number of hydrogen-bond acceptors (Lipinski definition) is 4. The van der Waals surface area contributed by atoms with E-state index < -0.39 is 0 Å². The van der Waals surface area contributed by atoms with E-state index in [1.54, 1.807) is 7.05 Å². The SMILES string of the molecule is CCCCCCCCCCCC(=O)OCC(NC)C(=O)CCCCCCCCCCC. The third-order valence-electron chi connectivity index (χ3n) is 6.16. The van der Waals surface area contributed by atoms with Crippen molar-refractivity contribution in [1.29, 1.82) is 0 Å².